The predicted octanol–water partition coefficient (Wildman–Crippen LogP) is 2.42. The summed E-state index contributed by atoms with van der Waals surface area (Å²) >= 11 is 0. The number of sulfonamides is 1. The van der Waals surface area contributed by atoms with E-state index in [-0.39, 0.29) is 24.1 Å². The first kappa shape index (κ1) is 21.2. The number of piperidine rings is 1. The highest BCUT2D eigenvalue weighted by atomic mass is 32.2. The van der Waals surface area contributed by atoms with Gasteiger partial charge in [0.25, 0.3) is 0 Å². The van der Waals surface area contributed by atoms with Crippen molar-refractivity contribution in [2.24, 2.45) is 5.92 Å². The van der Waals surface area contributed by atoms with E-state index in [4.69, 9.17) is 9.47 Å². The number of hydrazine groups is 1. The summed E-state index contributed by atoms with van der Waals surface area (Å²) in [6.45, 7) is 6.56. The van der Waals surface area contributed by atoms with E-state index in [0.29, 0.717) is 36.6 Å². The van der Waals surface area contributed by atoms with E-state index < -0.39 is 15.9 Å². The maximum atomic E-state index is 13.0. The van der Waals surface area contributed by atoms with Gasteiger partial charge < -0.3 is 9.47 Å². The average Bonchev–Trinajstić information content (AvgIpc) is 3.25. The summed E-state index contributed by atoms with van der Waals surface area (Å²) in [7, 11) is -3.64. The predicted molar refractivity (Wildman–Crippen MR) is 116 cm³/mol. The van der Waals surface area contributed by atoms with Crippen molar-refractivity contribution < 1.29 is 22.7 Å². The van der Waals surface area contributed by atoms with Crippen LogP contribution in [0.1, 0.15) is 24.0 Å². The molecule has 0 aromatic heterocycles. The molecule has 2 N–H and O–H groups in total. The highest BCUT2D eigenvalue weighted by Crippen LogP contribution is 2.33. The lowest BCUT2D eigenvalue weighted by molar-refractivity contribution is -0.126. The fourth-order valence-electron chi connectivity index (χ4n) is 3.63. The van der Waals surface area contributed by atoms with E-state index in [1.54, 1.807) is 36.4 Å². The molecular weight excluding hydrogens is 418 g/mol. The van der Waals surface area contributed by atoms with E-state index in [9.17, 15) is 13.2 Å². The first-order valence-corrected chi connectivity index (χ1v) is 11.5. The number of nitrogens with zero attached hydrogens (tertiary/aromatic N) is 1. The summed E-state index contributed by atoms with van der Waals surface area (Å²) in [5.74, 6) is 0.561. The summed E-state index contributed by atoms with van der Waals surface area (Å²) in [6, 6.07) is 12.1. The van der Waals surface area contributed by atoms with Crippen LogP contribution in [0.15, 0.2) is 53.9 Å². The maximum Gasteiger partial charge on any atom is 0.243 e. The monoisotopic (exact) mass is 443 g/mol. The Labute approximate surface area is 181 Å². The molecule has 0 radical (unpaired) electrons. The van der Waals surface area contributed by atoms with Crippen LogP contribution < -0.4 is 20.3 Å². The molecule has 2 aromatic carbocycles. The molecule has 0 spiro atoms. The van der Waals surface area contributed by atoms with Gasteiger partial charge in [0.1, 0.15) is 0 Å². The second-order valence-corrected chi connectivity index (χ2v) is 9.61. The molecule has 1 saturated heterocycles. The smallest absolute Gasteiger partial charge is 0.243 e. The highest BCUT2D eigenvalue weighted by Gasteiger charge is 2.33. The Bertz CT molecular complexity index is 1100. The number of rotatable bonds is 6. The molecule has 9 heteroatoms. The lowest BCUT2D eigenvalue weighted by Gasteiger charge is -2.31. The number of benzene rings is 2. The number of carbonyl (C=O) groups is 1. The minimum atomic E-state index is -3.64. The summed E-state index contributed by atoms with van der Waals surface area (Å²) in [5.41, 5.74) is 7.70. The molecule has 8 nitrogen and oxygen atoms in total. The van der Waals surface area contributed by atoms with Gasteiger partial charge in [0, 0.05) is 18.7 Å². The summed E-state index contributed by atoms with van der Waals surface area (Å²) in [4.78, 5) is 12.9. The Morgan fingerprint density at radius 3 is 2.61 bits per heavy atom. The number of ether oxygens (including phenoxy) is 2. The van der Waals surface area contributed by atoms with Crippen molar-refractivity contribution in [3.05, 3.63) is 60.2 Å². The van der Waals surface area contributed by atoms with Gasteiger partial charge in [-0.15, -0.1) is 0 Å². The molecule has 1 fully saturated rings. The molecule has 0 bridgehead atoms. The van der Waals surface area contributed by atoms with Crippen molar-refractivity contribution in [3.63, 3.8) is 0 Å². The van der Waals surface area contributed by atoms with Gasteiger partial charge in [-0.1, -0.05) is 24.3 Å². The van der Waals surface area contributed by atoms with Crippen molar-refractivity contribution in [1.29, 1.82) is 0 Å². The van der Waals surface area contributed by atoms with E-state index in [0.717, 1.165) is 11.1 Å². The van der Waals surface area contributed by atoms with Crippen molar-refractivity contribution in [2.75, 3.05) is 19.9 Å². The fourth-order valence-corrected chi connectivity index (χ4v) is 5.15. The van der Waals surface area contributed by atoms with Crippen LogP contribution >= 0.6 is 0 Å². The first-order valence-electron chi connectivity index (χ1n) is 10.1. The number of carbonyl (C=O) groups excluding carboxylic acids is 1. The molecule has 0 saturated carbocycles. The Morgan fingerprint density at radius 2 is 1.84 bits per heavy atom. The Kier molecular flexibility index (Phi) is 5.88. The third kappa shape index (κ3) is 4.52. The lowest BCUT2D eigenvalue weighted by atomic mass is 9.99. The van der Waals surface area contributed by atoms with Crippen LogP contribution in [0, 0.1) is 12.8 Å². The molecular formula is C22H25N3O5S. The maximum absolute atomic E-state index is 13.0. The van der Waals surface area contributed by atoms with Gasteiger partial charge in [-0.2, -0.15) is 4.31 Å². The van der Waals surface area contributed by atoms with Gasteiger partial charge in [0.05, 0.1) is 16.5 Å². The van der Waals surface area contributed by atoms with Crippen LogP contribution in [0.5, 0.6) is 11.5 Å². The van der Waals surface area contributed by atoms with Crippen LogP contribution in [-0.2, 0) is 14.8 Å². The minimum absolute atomic E-state index is 0.139. The molecule has 0 aliphatic carbocycles. The van der Waals surface area contributed by atoms with Gasteiger partial charge in [-0.05, 0) is 50.1 Å². The van der Waals surface area contributed by atoms with Gasteiger partial charge in [-0.3, -0.25) is 15.6 Å². The lowest BCUT2D eigenvalue weighted by Crippen LogP contribution is -2.48. The largest absolute Gasteiger partial charge is 0.454 e. The summed E-state index contributed by atoms with van der Waals surface area (Å²) < 4.78 is 37.9. The normalized spacial score (nSPS) is 18.4. The molecule has 164 valence electrons. The second-order valence-electron chi connectivity index (χ2n) is 7.68. The number of aryl methyl sites for hydroxylation is 1. The third-order valence-electron chi connectivity index (χ3n) is 5.47. The number of nitrogens with one attached hydrogen (secondary N) is 2. The molecule has 2 heterocycles. The van der Waals surface area contributed by atoms with Crippen LogP contribution in [-0.4, -0.2) is 38.5 Å². The molecule has 2 aliphatic heterocycles. The van der Waals surface area contributed by atoms with Crippen molar-refractivity contribution >= 4 is 21.6 Å². The zero-order chi connectivity index (χ0) is 22.0. The molecule has 31 heavy (non-hydrogen) atoms. The van der Waals surface area contributed by atoms with Crippen molar-refractivity contribution in [2.45, 2.75) is 24.7 Å². The number of hydrogen-bond acceptors (Lipinski definition) is 6. The zero-order valence-corrected chi connectivity index (χ0v) is 18.1. The van der Waals surface area contributed by atoms with E-state index in [2.05, 4.69) is 17.4 Å². The molecule has 1 atom stereocenters. The average molecular weight is 444 g/mol. The Hall–Kier alpha value is -3.04. The van der Waals surface area contributed by atoms with Crippen molar-refractivity contribution in [3.8, 4) is 11.5 Å². The number of hydrogen-bond donors (Lipinski definition) is 2. The van der Waals surface area contributed by atoms with Gasteiger partial charge in [-0.25, -0.2) is 8.42 Å². The van der Waals surface area contributed by atoms with Crippen LogP contribution in [0.25, 0.3) is 5.70 Å². The van der Waals surface area contributed by atoms with Gasteiger partial charge >= 0.3 is 0 Å². The quantitative estimate of drug-likeness (QED) is 0.666. The summed E-state index contributed by atoms with van der Waals surface area (Å²) in [5, 5.41) is 0. The van der Waals surface area contributed by atoms with Crippen LogP contribution in [0.2, 0.25) is 0 Å². The molecule has 2 aromatic rings. The van der Waals surface area contributed by atoms with Crippen LogP contribution in [0.3, 0.4) is 0 Å². The Morgan fingerprint density at radius 1 is 1.10 bits per heavy atom. The standard InChI is InChI=1S/C22H25N3O5S/c1-15-5-8-19(9-6-15)31(27,28)25-11-3-4-18(13-25)22(26)24-23-16(2)17-7-10-20-21(12-17)30-14-29-20/h5-10,12,18,23H,2-4,11,13-14H2,1H3,(H,24,26)/t18-/m1/s1. The second kappa shape index (κ2) is 8.60. The van der Waals surface area contributed by atoms with Gasteiger partial charge in [0.2, 0.25) is 22.7 Å². The topological polar surface area (TPSA) is 97.0 Å². The highest BCUT2D eigenvalue weighted by molar-refractivity contribution is 7.89. The molecule has 2 aliphatic rings. The fraction of sp³-hybridized carbons (Fsp3) is 0.318. The number of amides is 1. The third-order valence-corrected chi connectivity index (χ3v) is 7.35. The molecule has 0 unspecified atom stereocenters. The number of fused-ring (bicyclic) bond motifs is 1. The van der Waals surface area contributed by atoms with E-state index in [1.165, 1.54) is 4.31 Å². The molecule has 4 rings (SSSR count). The first-order chi connectivity index (χ1) is 14.8. The SMILES string of the molecule is C=C(NNC(=O)[C@@H]1CCCN(S(=O)(=O)c2ccc(C)cc2)C1)c1ccc2c(c1)OCO2. The molecule has 1 amide bonds. The van der Waals surface area contributed by atoms with E-state index in [1.807, 2.05) is 13.0 Å². The van der Waals surface area contributed by atoms with E-state index >= 15 is 0 Å². The summed E-state index contributed by atoms with van der Waals surface area (Å²) in [6.07, 6.45) is 1.23. The minimum Gasteiger partial charge on any atom is -0.454 e. The van der Waals surface area contributed by atoms with Gasteiger partial charge in [0.15, 0.2) is 11.5 Å². The van der Waals surface area contributed by atoms with Crippen molar-refractivity contribution in [1.82, 2.24) is 15.2 Å². The Balaban J connectivity index is 1.36. The van der Waals surface area contributed by atoms with Crippen LogP contribution in [0.4, 0.5) is 0 Å². The zero-order valence-electron chi connectivity index (χ0n) is 17.3.